The van der Waals surface area contributed by atoms with Crippen LogP contribution in [0.5, 0.6) is 11.5 Å². The summed E-state index contributed by atoms with van der Waals surface area (Å²) in [6.07, 6.45) is 0.727. The fourth-order valence-corrected chi connectivity index (χ4v) is 4.13. The van der Waals surface area contributed by atoms with Crippen molar-refractivity contribution >= 4 is 34.3 Å². The average molecular weight is 545 g/mol. The Morgan fingerprint density at radius 1 is 0.925 bits per heavy atom. The van der Waals surface area contributed by atoms with Crippen LogP contribution in [0.3, 0.4) is 0 Å². The van der Waals surface area contributed by atoms with E-state index in [9.17, 15) is 18.8 Å². The van der Waals surface area contributed by atoms with Gasteiger partial charge in [-0.05, 0) is 66.4 Å². The number of nitrogens with one attached hydrogen (secondary N) is 3. The molecule has 0 unspecified atom stereocenters. The van der Waals surface area contributed by atoms with Crippen LogP contribution in [0, 0.1) is 5.82 Å². The summed E-state index contributed by atoms with van der Waals surface area (Å²) in [6.45, 7) is 5.91. The summed E-state index contributed by atoms with van der Waals surface area (Å²) >= 11 is 0. The molecule has 9 heteroatoms. The average Bonchev–Trinajstić information content (AvgIpc) is 3.38. The van der Waals surface area contributed by atoms with Gasteiger partial charge in [-0.2, -0.15) is 0 Å². The molecule has 3 amide bonds. The number of carbonyl (C=O) groups excluding carboxylic acids is 3. The molecule has 1 heterocycles. The molecule has 3 aromatic carbocycles. The summed E-state index contributed by atoms with van der Waals surface area (Å²) < 4.78 is 20.1. The van der Waals surface area contributed by atoms with Gasteiger partial charge in [-0.3, -0.25) is 14.4 Å². The molecular formula is C31H33FN4O4. The van der Waals surface area contributed by atoms with Gasteiger partial charge in [-0.1, -0.05) is 45.0 Å². The number of hydrogen-bond donors (Lipinski definition) is 3. The second-order valence-electron chi connectivity index (χ2n) is 9.80. The fraction of sp³-hybridized carbons (Fsp3) is 0.258. The summed E-state index contributed by atoms with van der Waals surface area (Å²) in [5, 5.41) is 5.98. The number of amides is 3. The Kier molecular flexibility index (Phi) is 9.16. The zero-order valence-corrected chi connectivity index (χ0v) is 22.8. The molecule has 0 fully saturated rings. The summed E-state index contributed by atoms with van der Waals surface area (Å²) in [5.74, 6) is -0.241. The predicted molar refractivity (Wildman–Crippen MR) is 153 cm³/mol. The van der Waals surface area contributed by atoms with Crippen LogP contribution >= 0.6 is 0 Å². The van der Waals surface area contributed by atoms with Crippen LogP contribution in [0.1, 0.15) is 49.2 Å². The molecule has 0 saturated carbocycles. The molecule has 0 radical (unpaired) electrons. The van der Waals surface area contributed by atoms with E-state index < -0.39 is 23.5 Å². The number of para-hydroxylation sites is 1. The van der Waals surface area contributed by atoms with Crippen molar-refractivity contribution in [1.82, 2.24) is 15.2 Å². The number of nitrogens with zero attached hydrogens (tertiary/aromatic N) is 1. The highest BCUT2D eigenvalue weighted by molar-refractivity contribution is 6.02. The molecule has 3 N–H and O–H groups in total. The van der Waals surface area contributed by atoms with Crippen molar-refractivity contribution in [3.63, 3.8) is 0 Å². The summed E-state index contributed by atoms with van der Waals surface area (Å²) in [7, 11) is 0. The Balaban J connectivity index is 1.42. The van der Waals surface area contributed by atoms with Crippen LogP contribution in [-0.4, -0.2) is 47.2 Å². The van der Waals surface area contributed by atoms with E-state index in [-0.39, 0.29) is 24.3 Å². The molecule has 208 valence electrons. The molecular weight excluding hydrogens is 511 g/mol. The van der Waals surface area contributed by atoms with Crippen molar-refractivity contribution in [2.75, 3.05) is 25.0 Å². The van der Waals surface area contributed by atoms with Crippen LogP contribution in [0.15, 0.2) is 72.8 Å². The smallest absolute Gasteiger partial charge is 0.271 e. The van der Waals surface area contributed by atoms with E-state index >= 15 is 0 Å². The van der Waals surface area contributed by atoms with Crippen LogP contribution < -0.4 is 15.4 Å². The van der Waals surface area contributed by atoms with Crippen LogP contribution in [0.25, 0.3) is 10.9 Å². The first kappa shape index (κ1) is 28.4. The maximum absolute atomic E-state index is 14.2. The quantitative estimate of drug-likeness (QED) is 0.221. The highest BCUT2D eigenvalue weighted by Gasteiger charge is 2.23. The number of rotatable bonds is 11. The van der Waals surface area contributed by atoms with Gasteiger partial charge in [-0.25, -0.2) is 4.39 Å². The highest BCUT2D eigenvalue weighted by atomic mass is 19.1. The SMILES string of the molecule is CCCNC(=O)CN(CC(=O)Nc1ccc(Oc2ccc(C(C)C)cc2)cc1)C(=O)c1cc2cccc(F)c2[nH]1. The topological polar surface area (TPSA) is 104 Å². The van der Waals surface area contributed by atoms with Gasteiger partial charge in [0.25, 0.3) is 5.91 Å². The largest absolute Gasteiger partial charge is 0.457 e. The summed E-state index contributed by atoms with van der Waals surface area (Å²) in [6, 6.07) is 20.7. The van der Waals surface area contributed by atoms with E-state index in [0.29, 0.717) is 35.0 Å². The first-order valence-electron chi connectivity index (χ1n) is 13.2. The Morgan fingerprint density at radius 2 is 1.57 bits per heavy atom. The Morgan fingerprint density at radius 3 is 2.20 bits per heavy atom. The van der Waals surface area contributed by atoms with Crippen molar-refractivity contribution < 1.29 is 23.5 Å². The van der Waals surface area contributed by atoms with Crippen molar-refractivity contribution in [3.05, 3.63) is 89.9 Å². The van der Waals surface area contributed by atoms with E-state index in [4.69, 9.17) is 4.74 Å². The van der Waals surface area contributed by atoms with Gasteiger partial charge in [0.05, 0.1) is 5.52 Å². The fourth-order valence-electron chi connectivity index (χ4n) is 4.13. The second kappa shape index (κ2) is 12.9. The third-order valence-electron chi connectivity index (χ3n) is 6.28. The third-order valence-corrected chi connectivity index (χ3v) is 6.28. The number of halogens is 1. The molecule has 4 aromatic rings. The Hall–Kier alpha value is -4.66. The third kappa shape index (κ3) is 7.25. The van der Waals surface area contributed by atoms with Gasteiger partial charge >= 0.3 is 0 Å². The van der Waals surface area contributed by atoms with Gasteiger partial charge in [0.2, 0.25) is 11.8 Å². The molecule has 0 saturated heterocycles. The number of hydrogen-bond acceptors (Lipinski definition) is 4. The highest BCUT2D eigenvalue weighted by Crippen LogP contribution is 2.25. The normalized spacial score (nSPS) is 10.9. The number of anilines is 1. The number of aromatic amines is 1. The molecule has 0 bridgehead atoms. The van der Waals surface area contributed by atoms with Crippen molar-refractivity contribution in [1.29, 1.82) is 0 Å². The van der Waals surface area contributed by atoms with Gasteiger partial charge < -0.3 is 25.3 Å². The number of ether oxygens (including phenoxy) is 1. The lowest BCUT2D eigenvalue weighted by Crippen LogP contribution is -2.44. The van der Waals surface area contributed by atoms with Crippen molar-refractivity contribution in [2.45, 2.75) is 33.1 Å². The molecule has 0 aliphatic rings. The van der Waals surface area contributed by atoms with Gasteiger partial charge in [-0.15, -0.1) is 0 Å². The first-order chi connectivity index (χ1) is 19.2. The molecule has 1 aromatic heterocycles. The lowest BCUT2D eigenvalue weighted by molar-refractivity contribution is -0.122. The van der Waals surface area contributed by atoms with E-state index in [2.05, 4.69) is 29.5 Å². The molecule has 0 aliphatic carbocycles. The van der Waals surface area contributed by atoms with Gasteiger partial charge in [0.15, 0.2) is 0 Å². The predicted octanol–water partition coefficient (Wildman–Crippen LogP) is 5.83. The lowest BCUT2D eigenvalue weighted by Gasteiger charge is -2.21. The van der Waals surface area contributed by atoms with Crippen LogP contribution in [0.2, 0.25) is 0 Å². The summed E-state index contributed by atoms with van der Waals surface area (Å²) in [5.41, 5.74) is 1.99. The number of H-pyrrole nitrogens is 1. The lowest BCUT2D eigenvalue weighted by atomic mass is 10.0. The van der Waals surface area contributed by atoms with E-state index in [1.807, 2.05) is 31.2 Å². The van der Waals surface area contributed by atoms with Crippen LogP contribution in [0.4, 0.5) is 10.1 Å². The Labute approximate surface area is 232 Å². The molecule has 0 aliphatic heterocycles. The molecule has 8 nitrogen and oxygen atoms in total. The molecule has 4 rings (SSSR count). The van der Waals surface area contributed by atoms with Crippen molar-refractivity contribution in [3.8, 4) is 11.5 Å². The number of aromatic nitrogens is 1. The number of benzene rings is 3. The number of carbonyl (C=O) groups is 3. The van der Waals surface area contributed by atoms with Gasteiger partial charge in [0.1, 0.15) is 36.1 Å². The second-order valence-corrected chi connectivity index (χ2v) is 9.80. The zero-order valence-electron chi connectivity index (χ0n) is 22.8. The maximum Gasteiger partial charge on any atom is 0.271 e. The first-order valence-corrected chi connectivity index (χ1v) is 13.2. The maximum atomic E-state index is 14.2. The molecule has 40 heavy (non-hydrogen) atoms. The molecule has 0 spiro atoms. The van der Waals surface area contributed by atoms with Crippen LogP contribution in [-0.2, 0) is 9.59 Å². The Bertz CT molecular complexity index is 1480. The minimum atomic E-state index is -0.593. The minimum absolute atomic E-state index is 0.0825. The van der Waals surface area contributed by atoms with Crippen molar-refractivity contribution in [2.24, 2.45) is 0 Å². The van der Waals surface area contributed by atoms with E-state index in [1.54, 1.807) is 36.4 Å². The standard InChI is InChI=1S/C31H33FN4O4/c1-4-16-33-28(37)18-36(31(39)27-17-22-6-5-7-26(32)30(22)35-27)19-29(38)34-23-10-14-25(15-11-23)40-24-12-8-21(9-13-24)20(2)3/h5-15,17,20,35H,4,16,18-19H2,1-3H3,(H,33,37)(H,34,38). The minimum Gasteiger partial charge on any atom is -0.457 e. The van der Waals surface area contributed by atoms with Gasteiger partial charge in [0, 0.05) is 17.6 Å². The number of fused-ring (bicyclic) bond motifs is 1. The van der Waals surface area contributed by atoms with E-state index in [1.165, 1.54) is 17.7 Å². The monoisotopic (exact) mass is 544 g/mol. The zero-order chi connectivity index (χ0) is 28.6. The van der Waals surface area contributed by atoms with E-state index in [0.717, 1.165) is 11.3 Å². The summed E-state index contributed by atoms with van der Waals surface area (Å²) in [4.78, 5) is 42.5. The molecule has 0 atom stereocenters.